The van der Waals surface area contributed by atoms with E-state index in [4.69, 9.17) is 5.73 Å². The van der Waals surface area contributed by atoms with Crippen molar-refractivity contribution >= 4 is 0 Å². The molecule has 14 heavy (non-hydrogen) atoms. The van der Waals surface area contributed by atoms with Gasteiger partial charge in [-0.2, -0.15) is 15.0 Å². The Morgan fingerprint density at radius 3 is 2.93 bits per heavy atom. The molecule has 2 rings (SSSR count). The van der Waals surface area contributed by atoms with E-state index >= 15 is 0 Å². The monoisotopic (exact) mass is 194 g/mol. The number of aryl methyl sites for hydroxylation is 2. The molecule has 0 bridgehead atoms. The van der Waals surface area contributed by atoms with Crippen molar-refractivity contribution in [2.24, 2.45) is 11.7 Å². The fraction of sp³-hybridized carbons (Fsp3) is 0.800. The first-order valence-electron chi connectivity index (χ1n) is 5.46. The molecule has 1 aliphatic rings. The van der Waals surface area contributed by atoms with Gasteiger partial charge in [-0.25, -0.2) is 0 Å². The van der Waals surface area contributed by atoms with Gasteiger partial charge in [0.05, 0.1) is 17.9 Å². The molecule has 1 atom stereocenters. The summed E-state index contributed by atoms with van der Waals surface area (Å²) in [4.78, 5) is 1.80. The molecule has 0 radical (unpaired) electrons. The van der Waals surface area contributed by atoms with E-state index in [2.05, 4.69) is 17.1 Å². The van der Waals surface area contributed by atoms with Gasteiger partial charge in [0.25, 0.3) is 0 Å². The SMILES string of the molecule is CCn1nc2c(n1)CC(CCN)CC2. The fourth-order valence-corrected chi connectivity index (χ4v) is 2.11. The van der Waals surface area contributed by atoms with Crippen LogP contribution in [0, 0.1) is 5.92 Å². The molecule has 78 valence electrons. The maximum absolute atomic E-state index is 5.57. The third-order valence-corrected chi connectivity index (χ3v) is 2.93. The number of aromatic nitrogens is 3. The molecule has 0 saturated heterocycles. The van der Waals surface area contributed by atoms with Gasteiger partial charge in [-0.1, -0.05) is 0 Å². The zero-order valence-electron chi connectivity index (χ0n) is 8.74. The molecule has 1 aliphatic carbocycles. The van der Waals surface area contributed by atoms with Gasteiger partial charge in [0.1, 0.15) is 0 Å². The van der Waals surface area contributed by atoms with E-state index in [1.54, 1.807) is 4.80 Å². The summed E-state index contributed by atoms with van der Waals surface area (Å²) in [5, 5.41) is 8.90. The van der Waals surface area contributed by atoms with Gasteiger partial charge in [-0.05, 0) is 45.1 Å². The first kappa shape index (κ1) is 9.65. The van der Waals surface area contributed by atoms with E-state index in [0.717, 1.165) is 38.3 Å². The van der Waals surface area contributed by atoms with Crippen molar-refractivity contribution in [2.45, 2.75) is 39.2 Å². The number of hydrogen-bond donors (Lipinski definition) is 1. The summed E-state index contributed by atoms with van der Waals surface area (Å²) >= 11 is 0. The average molecular weight is 194 g/mol. The van der Waals surface area contributed by atoms with Crippen LogP contribution in [0.2, 0.25) is 0 Å². The second-order valence-electron chi connectivity index (χ2n) is 3.97. The number of rotatable bonds is 3. The van der Waals surface area contributed by atoms with Gasteiger partial charge < -0.3 is 5.73 Å². The lowest BCUT2D eigenvalue weighted by Gasteiger charge is -2.18. The van der Waals surface area contributed by atoms with E-state index < -0.39 is 0 Å². The fourth-order valence-electron chi connectivity index (χ4n) is 2.11. The van der Waals surface area contributed by atoms with E-state index in [1.807, 2.05) is 0 Å². The van der Waals surface area contributed by atoms with E-state index in [0.29, 0.717) is 0 Å². The van der Waals surface area contributed by atoms with Crippen LogP contribution in [0.1, 0.15) is 31.2 Å². The molecule has 1 heterocycles. The van der Waals surface area contributed by atoms with Crippen LogP contribution in [0.3, 0.4) is 0 Å². The van der Waals surface area contributed by atoms with Crippen molar-refractivity contribution in [3.05, 3.63) is 11.4 Å². The van der Waals surface area contributed by atoms with Crippen molar-refractivity contribution < 1.29 is 0 Å². The van der Waals surface area contributed by atoms with Crippen LogP contribution in [-0.4, -0.2) is 21.5 Å². The first-order valence-corrected chi connectivity index (χ1v) is 5.46. The molecule has 2 N–H and O–H groups in total. The summed E-state index contributed by atoms with van der Waals surface area (Å²) < 4.78 is 0. The molecule has 0 fully saturated rings. The second-order valence-corrected chi connectivity index (χ2v) is 3.97. The predicted molar refractivity (Wildman–Crippen MR) is 54.9 cm³/mol. The molecule has 0 aromatic carbocycles. The quantitative estimate of drug-likeness (QED) is 0.772. The summed E-state index contributed by atoms with van der Waals surface area (Å²) in [5.41, 5.74) is 7.98. The maximum atomic E-state index is 5.57. The molecule has 0 aliphatic heterocycles. The minimum Gasteiger partial charge on any atom is -0.330 e. The number of fused-ring (bicyclic) bond motifs is 1. The van der Waals surface area contributed by atoms with Crippen LogP contribution in [-0.2, 0) is 19.4 Å². The zero-order chi connectivity index (χ0) is 9.97. The Morgan fingerprint density at radius 2 is 2.21 bits per heavy atom. The van der Waals surface area contributed by atoms with Crippen molar-refractivity contribution in [3.63, 3.8) is 0 Å². The number of nitrogens with zero attached hydrogens (tertiary/aromatic N) is 3. The smallest absolute Gasteiger partial charge is 0.0862 e. The molecule has 0 amide bonds. The minimum absolute atomic E-state index is 0.731. The molecular weight excluding hydrogens is 176 g/mol. The average Bonchev–Trinajstić information content (AvgIpc) is 2.60. The number of nitrogens with two attached hydrogens (primary N) is 1. The normalized spacial score (nSPS) is 20.9. The topological polar surface area (TPSA) is 56.7 Å². The summed E-state index contributed by atoms with van der Waals surface area (Å²) in [7, 11) is 0. The Morgan fingerprint density at radius 1 is 1.43 bits per heavy atom. The van der Waals surface area contributed by atoms with Gasteiger partial charge in [0.2, 0.25) is 0 Å². The van der Waals surface area contributed by atoms with Crippen LogP contribution in [0.15, 0.2) is 0 Å². The van der Waals surface area contributed by atoms with Gasteiger partial charge in [-0.15, -0.1) is 0 Å². The van der Waals surface area contributed by atoms with Gasteiger partial charge in [0, 0.05) is 0 Å². The third kappa shape index (κ3) is 1.80. The van der Waals surface area contributed by atoms with Crippen LogP contribution in [0.5, 0.6) is 0 Å². The lowest BCUT2D eigenvalue weighted by Crippen LogP contribution is -2.17. The zero-order valence-corrected chi connectivity index (χ0v) is 8.74. The van der Waals surface area contributed by atoms with Crippen molar-refractivity contribution in [2.75, 3.05) is 6.54 Å². The second kappa shape index (κ2) is 4.09. The Labute approximate surface area is 84.5 Å². The van der Waals surface area contributed by atoms with Gasteiger partial charge in [0.15, 0.2) is 0 Å². The molecule has 0 spiro atoms. The van der Waals surface area contributed by atoms with Crippen LogP contribution < -0.4 is 5.73 Å². The van der Waals surface area contributed by atoms with E-state index in [-0.39, 0.29) is 0 Å². The predicted octanol–water partition coefficient (Wildman–Crippen LogP) is 0.752. The maximum Gasteiger partial charge on any atom is 0.0862 e. The number of hydrogen-bond acceptors (Lipinski definition) is 3. The molecule has 0 saturated carbocycles. The first-order chi connectivity index (χ1) is 6.83. The molecule has 1 aromatic heterocycles. The lowest BCUT2D eigenvalue weighted by atomic mass is 9.87. The highest BCUT2D eigenvalue weighted by atomic mass is 15.5. The standard InChI is InChI=1S/C10H18N4/c1-2-14-12-9-4-3-8(5-6-11)7-10(9)13-14/h8H,2-7,11H2,1H3. The highest BCUT2D eigenvalue weighted by Crippen LogP contribution is 2.24. The third-order valence-electron chi connectivity index (χ3n) is 2.93. The van der Waals surface area contributed by atoms with Crippen molar-refractivity contribution in [1.29, 1.82) is 0 Å². The summed E-state index contributed by atoms with van der Waals surface area (Å²) in [6.45, 7) is 3.74. The molecule has 4 nitrogen and oxygen atoms in total. The Hall–Kier alpha value is -0.900. The van der Waals surface area contributed by atoms with Crippen molar-refractivity contribution in [3.8, 4) is 0 Å². The largest absolute Gasteiger partial charge is 0.330 e. The summed E-state index contributed by atoms with van der Waals surface area (Å²) in [5.74, 6) is 0.731. The highest BCUT2D eigenvalue weighted by molar-refractivity contribution is 5.13. The van der Waals surface area contributed by atoms with E-state index in [9.17, 15) is 0 Å². The molecule has 1 unspecified atom stereocenters. The Balaban J connectivity index is 2.09. The Kier molecular flexibility index (Phi) is 2.82. The van der Waals surface area contributed by atoms with Gasteiger partial charge in [-0.3, -0.25) is 0 Å². The van der Waals surface area contributed by atoms with Crippen LogP contribution in [0.4, 0.5) is 0 Å². The van der Waals surface area contributed by atoms with Crippen LogP contribution in [0.25, 0.3) is 0 Å². The summed E-state index contributed by atoms with van der Waals surface area (Å²) in [6, 6.07) is 0. The highest BCUT2D eigenvalue weighted by Gasteiger charge is 2.21. The lowest BCUT2D eigenvalue weighted by molar-refractivity contribution is 0.426. The molecular formula is C10H18N4. The molecule has 1 aromatic rings. The van der Waals surface area contributed by atoms with Crippen LogP contribution >= 0.6 is 0 Å². The van der Waals surface area contributed by atoms with Crippen molar-refractivity contribution in [1.82, 2.24) is 15.0 Å². The Bertz CT molecular complexity index is 305. The van der Waals surface area contributed by atoms with E-state index in [1.165, 1.54) is 17.8 Å². The van der Waals surface area contributed by atoms with Gasteiger partial charge >= 0.3 is 0 Å². The minimum atomic E-state index is 0.731. The summed E-state index contributed by atoms with van der Waals surface area (Å²) in [6.07, 6.45) is 4.51. The molecule has 4 heteroatoms.